The standard InChI is InChI=1S/C23H27F3N4/c24-23(25,26)19-7-5-18(6-8-19)17-28-20-9-13-29(14-10-20)15-16-30-12-2-3-21-22(30)4-1-11-27-21/h1-8,11-12,20,27-28H,9-10,13-17H2. The minimum atomic E-state index is -4.28. The van der Waals surface area contributed by atoms with E-state index in [4.69, 9.17) is 0 Å². The van der Waals surface area contributed by atoms with Crippen molar-refractivity contribution in [2.24, 2.45) is 0 Å². The Kier molecular flexibility index (Phi) is 6.29. The number of nitrogens with zero attached hydrogens (tertiary/aromatic N) is 2. The lowest BCUT2D eigenvalue weighted by molar-refractivity contribution is -0.137. The summed E-state index contributed by atoms with van der Waals surface area (Å²) >= 11 is 0. The number of likely N-dealkylation sites (tertiary alicyclic amines) is 1. The van der Waals surface area contributed by atoms with Crippen LogP contribution in [0.5, 0.6) is 0 Å². The highest BCUT2D eigenvalue weighted by atomic mass is 19.4. The number of allylic oxidation sites excluding steroid dienone is 4. The van der Waals surface area contributed by atoms with Crippen molar-refractivity contribution in [2.75, 3.05) is 26.2 Å². The topological polar surface area (TPSA) is 30.5 Å². The highest BCUT2D eigenvalue weighted by molar-refractivity contribution is 5.41. The van der Waals surface area contributed by atoms with Crippen LogP contribution >= 0.6 is 0 Å². The van der Waals surface area contributed by atoms with E-state index in [0.717, 1.165) is 62.4 Å². The minimum absolute atomic E-state index is 0.406. The summed E-state index contributed by atoms with van der Waals surface area (Å²) in [4.78, 5) is 4.76. The maximum Gasteiger partial charge on any atom is 0.416 e. The van der Waals surface area contributed by atoms with Gasteiger partial charge in [-0.3, -0.25) is 0 Å². The number of fused-ring (bicyclic) bond motifs is 1. The maximum atomic E-state index is 12.7. The molecule has 4 nitrogen and oxygen atoms in total. The second kappa shape index (κ2) is 9.10. The third-order valence-corrected chi connectivity index (χ3v) is 5.82. The molecule has 0 atom stereocenters. The molecular formula is C23H27F3N4. The summed E-state index contributed by atoms with van der Waals surface area (Å²) in [6.45, 7) is 4.61. The van der Waals surface area contributed by atoms with Crippen molar-refractivity contribution in [1.82, 2.24) is 20.4 Å². The summed E-state index contributed by atoms with van der Waals surface area (Å²) in [6, 6.07) is 5.83. The van der Waals surface area contributed by atoms with Crippen LogP contribution in [-0.4, -0.2) is 42.0 Å². The summed E-state index contributed by atoms with van der Waals surface area (Å²) in [5.41, 5.74) is 2.62. The van der Waals surface area contributed by atoms with Crippen LogP contribution in [0.4, 0.5) is 13.2 Å². The third-order valence-electron chi connectivity index (χ3n) is 5.82. The van der Waals surface area contributed by atoms with Crippen molar-refractivity contribution in [1.29, 1.82) is 0 Å². The average Bonchev–Trinajstić information content (AvgIpc) is 2.76. The molecule has 0 amide bonds. The first-order chi connectivity index (χ1) is 14.5. The molecule has 0 aromatic heterocycles. The average molecular weight is 416 g/mol. The van der Waals surface area contributed by atoms with Gasteiger partial charge in [-0.25, -0.2) is 0 Å². The molecule has 160 valence electrons. The molecule has 3 heterocycles. The second-order valence-corrected chi connectivity index (χ2v) is 7.86. The van der Waals surface area contributed by atoms with Crippen LogP contribution in [0.3, 0.4) is 0 Å². The summed E-state index contributed by atoms with van der Waals surface area (Å²) in [5, 5.41) is 6.77. The first kappa shape index (κ1) is 20.8. The van der Waals surface area contributed by atoms with Gasteiger partial charge in [0, 0.05) is 38.1 Å². The number of piperidine rings is 1. The normalized spacial score (nSPS) is 19.9. The van der Waals surface area contributed by atoms with Crippen LogP contribution in [0, 0.1) is 0 Å². The van der Waals surface area contributed by atoms with E-state index in [1.54, 1.807) is 12.1 Å². The maximum absolute atomic E-state index is 12.7. The summed E-state index contributed by atoms with van der Waals surface area (Å²) in [6.07, 6.45) is 10.2. The van der Waals surface area contributed by atoms with Crippen LogP contribution in [0.25, 0.3) is 0 Å². The fraction of sp³-hybridized carbons (Fsp3) is 0.391. The smallest absolute Gasteiger partial charge is 0.360 e. The Hall–Kier alpha value is -2.51. The fourth-order valence-electron chi connectivity index (χ4n) is 4.03. The minimum Gasteiger partial charge on any atom is -0.360 e. The van der Waals surface area contributed by atoms with Crippen molar-refractivity contribution in [3.8, 4) is 0 Å². The van der Waals surface area contributed by atoms with E-state index in [1.807, 2.05) is 12.3 Å². The number of benzene rings is 1. The Morgan fingerprint density at radius 3 is 2.50 bits per heavy atom. The second-order valence-electron chi connectivity index (χ2n) is 7.86. The van der Waals surface area contributed by atoms with Gasteiger partial charge in [0.15, 0.2) is 0 Å². The van der Waals surface area contributed by atoms with E-state index in [1.165, 1.54) is 5.70 Å². The molecule has 0 saturated carbocycles. The SMILES string of the molecule is FC(F)(F)c1ccc(CNC2CCN(CCN3C=CC=C4NC=CC=C43)CC2)cc1. The molecule has 2 N–H and O–H groups in total. The number of alkyl halides is 3. The van der Waals surface area contributed by atoms with Gasteiger partial charge in [0.25, 0.3) is 0 Å². The molecule has 0 aliphatic carbocycles. The molecule has 3 aliphatic heterocycles. The van der Waals surface area contributed by atoms with E-state index in [9.17, 15) is 13.2 Å². The van der Waals surface area contributed by atoms with Crippen molar-refractivity contribution in [2.45, 2.75) is 31.6 Å². The third kappa shape index (κ3) is 5.15. The largest absolute Gasteiger partial charge is 0.416 e. The van der Waals surface area contributed by atoms with Crippen molar-refractivity contribution in [3.05, 3.63) is 83.5 Å². The Labute approximate surface area is 175 Å². The molecule has 3 aliphatic rings. The Morgan fingerprint density at radius 1 is 1.00 bits per heavy atom. The van der Waals surface area contributed by atoms with Crippen molar-refractivity contribution >= 4 is 0 Å². The molecule has 7 heteroatoms. The van der Waals surface area contributed by atoms with Crippen LogP contribution in [-0.2, 0) is 12.7 Å². The van der Waals surface area contributed by atoms with Gasteiger partial charge in [-0.1, -0.05) is 12.1 Å². The van der Waals surface area contributed by atoms with Gasteiger partial charge in [-0.2, -0.15) is 13.2 Å². The molecule has 0 unspecified atom stereocenters. The number of halogens is 3. The fourth-order valence-corrected chi connectivity index (χ4v) is 4.03. The van der Waals surface area contributed by atoms with Crippen molar-refractivity contribution in [3.63, 3.8) is 0 Å². The summed E-state index contributed by atoms with van der Waals surface area (Å²) in [7, 11) is 0. The lowest BCUT2D eigenvalue weighted by atomic mass is 10.0. The van der Waals surface area contributed by atoms with Gasteiger partial charge in [-0.15, -0.1) is 0 Å². The van der Waals surface area contributed by atoms with Gasteiger partial charge < -0.3 is 20.4 Å². The first-order valence-electron chi connectivity index (χ1n) is 10.4. The molecule has 0 bridgehead atoms. The summed E-state index contributed by atoms with van der Waals surface area (Å²) in [5.74, 6) is 0. The predicted octanol–water partition coefficient (Wildman–Crippen LogP) is 3.97. The van der Waals surface area contributed by atoms with E-state index in [0.29, 0.717) is 12.6 Å². The Bertz CT molecular complexity index is 844. The monoisotopic (exact) mass is 416 g/mol. The van der Waals surface area contributed by atoms with Gasteiger partial charge in [-0.05, 0) is 67.9 Å². The molecule has 1 fully saturated rings. The zero-order chi connectivity index (χ0) is 21.0. The van der Waals surface area contributed by atoms with Gasteiger partial charge >= 0.3 is 6.18 Å². The van der Waals surface area contributed by atoms with E-state index >= 15 is 0 Å². The zero-order valence-electron chi connectivity index (χ0n) is 16.8. The quantitative estimate of drug-likeness (QED) is 0.735. The lowest BCUT2D eigenvalue weighted by Gasteiger charge is -2.35. The molecule has 0 spiro atoms. The molecular weight excluding hydrogens is 389 g/mol. The zero-order valence-corrected chi connectivity index (χ0v) is 16.8. The molecule has 1 saturated heterocycles. The highest BCUT2D eigenvalue weighted by Gasteiger charge is 2.30. The molecule has 1 aromatic rings. The molecule has 1 aromatic carbocycles. The summed E-state index contributed by atoms with van der Waals surface area (Å²) < 4.78 is 38.0. The van der Waals surface area contributed by atoms with Crippen LogP contribution < -0.4 is 10.6 Å². The van der Waals surface area contributed by atoms with E-state index < -0.39 is 11.7 Å². The number of hydrogen-bond donors (Lipinski definition) is 2. The molecule has 30 heavy (non-hydrogen) atoms. The number of nitrogens with one attached hydrogen (secondary N) is 2. The first-order valence-corrected chi connectivity index (χ1v) is 10.4. The molecule has 4 rings (SSSR count). The number of hydrogen-bond acceptors (Lipinski definition) is 4. The highest BCUT2D eigenvalue weighted by Crippen LogP contribution is 2.29. The van der Waals surface area contributed by atoms with Crippen LogP contribution in [0.2, 0.25) is 0 Å². The van der Waals surface area contributed by atoms with E-state index in [-0.39, 0.29) is 0 Å². The van der Waals surface area contributed by atoms with Crippen molar-refractivity contribution < 1.29 is 13.2 Å². The van der Waals surface area contributed by atoms with E-state index in [2.05, 4.69) is 44.9 Å². The van der Waals surface area contributed by atoms with Crippen LogP contribution in [0.1, 0.15) is 24.0 Å². The number of rotatable bonds is 6. The predicted molar refractivity (Wildman–Crippen MR) is 112 cm³/mol. The Morgan fingerprint density at radius 2 is 1.77 bits per heavy atom. The van der Waals surface area contributed by atoms with Gasteiger partial charge in [0.1, 0.15) is 0 Å². The number of dihydropyridines is 1. The molecule has 0 radical (unpaired) electrons. The van der Waals surface area contributed by atoms with Crippen LogP contribution in [0.15, 0.2) is 72.4 Å². The lowest BCUT2D eigenvalue weighted by Crippen LogP contribution is -2.44. The Balaban J connectivity index is 1.18. The van der Waals surface area contributed by atoms with Gasteiger partial charge in [0.05, 0.1) is 17.0 Å². The van der Waals surface area contributed by atoms with Gasteiger partial charge in [0.2, 0.25) is 0 Å².